The second kappa shape index (κ2) is 3.29. The molecule has 6 nitrogen and oxygen atoms in total. The lowest BCUT2D eigenvalue weighted by Gasteiger charge is -2.19. The van der Waals surface area contributed by atoms with Crippen LogP contribution in [0.2, 0.25) is 0 Å². The topological polar surface area (TPSA) is 63.9 Å². The highest BCUT2D eigenvalue weighted by atomic mass is 16.2. The molecule has 82 valence electrons. The Morgan fingerprint density at radius 1 is 1.60 bits per heavy atom. The molecule has 0 N–H and O–H groups in total. The molecule has 1 amide bonds. The van der Waals surface area contributed by atoms with E-state index in [0.29, 0.717) is 12.4 Å². The van der Waals surface area contributed by atoms with Crippen molar-refractivity contribution < 1.29 is 4.79 Å². The first kappa shape index (κ1) is 10.1. The number of carbonyl (C=O) groups is 1. The molecule has 0 unspecified atom stereocenters. The largest absolute Gasteiger partial charge is 0.338 e. The van der Waals surface area contributed by atoms with E-state index in [1.54, 1.807) is 23.7 Å². The monoisotopic (exact) mass is 209 g/mol. The molecule has 0 aromatic carbocycles. The summed E-state index contributed by atoms with van der Waals surface area (Å²) in [6, 6.07) is 0. The summed E-state index contributed by atoms with van der Waals surface area (Å²) in [5, 5.41) is 11.1. The van der Waals surface area contributed by atoms with Gasteiger partial charge in [0.15, 0.2) is 5.82 Å². The molecule has 0 aliphatic heterocycles. The summed E-state index contributed by atoms with van der Waals surface area (Å²) in [5.74, 6) is 0.889. The number of rotatable bonds is 3. The lowest BCUT2D eigenvalue weighted by atomic mass is 10.1. The maximum Gasteiger partial charge on any atom is 0.228 e. The maximum absolute atomic E-state index is 11.9. The highest BCUT2D eigenvalue weighted by molar-refractivity contribution is 5.84. The highest BCUT2D eigenvalue weighted by Crippen LogP contribution is 2.46. The van der Waals surface area contributed by atoms with Crippen molar-refractivity contribution in [3.8, 4) is 0 Å². The number of hydrogen-bond acceptors (Lipinski definition) is 4. The van der Waals surface area contributed by atoms with Gasteiger partial charge in [0.05, 0.1) is 6.54 Å². The van der Waals surface area contributed by atoms with E-state index < -0.39 is 0 Å². The van der Waals surface area contributed by atoms with Gasteiger partial charge in [0.1, 0.15) is 0 Å². The van der Waals surface area contributed by atoms with Crippen LogP contribution in [0.25, 0.3) is 0 Å². The third-order valence-electron chi connectivity index (χ3n) is 2.95. The first-order chi connectivity index (χ1) is 7.03. The third-order valence-corrected chi connectivity index (χ3v) is 2.95. The van der Waals surface area contributed by atoms with Crippen LogP contribution in [0.5, 0.6) is 0 Å². The number of hydrogen-bond donors (Lipinski definition) is 0. The summed E-state index contributed by atoms with van der Waals surface area (Å²) >= 11 is 0. The van der Waals surface area contributed by atoms with E-state index in [1.165, 1.54) is 0 Å². The summed E-state index contributed by atoms with van der Waals surface area (Å²) in [6.45, 7) is 2.47. The molecule has 1 fully saturated rings. The molecular formula is C9H15N5O. The van der Waals surface area contributed by atoms with Crippen LogP contribution in [0.1, 0.15) is 25.6 Å². The first-order valence-corrected chi connectivity index (χ1v) is 5.00. The third kappa shape index (κ3) is 1.84. The molecule has 1 aromatic heterocycles. The Labute approximate surface area is 88.2 Å². The van der Waals surface area contributed by atoms with E-state index in [4.69, 9.17) is 0 Å². The molecule has 0 atom stereocenters. The SMILES string of the molecule is CN(Cc1nnnn1C)C(=O)C1(C)CC1. The Balaban J connectivity index is 2.01. The van der Waals surface area contributed by atoms with Crippen molar-refractivity contribution in [1.82, 2.24) is 25.1 Å². The van der Waals surface area contributed by atoms with Gasteiger partial charge in [-0.3, -0.25) is 4.79 Å². The normalized spacial score (nSPS) is 17.5. The minimum atomic E-state index is -0.124. The van der Waals surface area contributed by atoms with Crippen LogP contribution in [0.15, 0.2) is 0 Å². The Hall–Kier alpha value is -1.46. The van der Waals surface area contributed by atoms with Gasteiger partial charge in [0.25, 0.3) is 0 Å². The average Bonchev–Trinajstić information content (AvgIpc) is 2.83. The van der Waals surface area contributed by atoms with Gasteiger partial charge in [-0.2, -0.15) is 0 Å². The summed E-state index contributed by atoms with van der Waals surface area (Å²) in [6.07, 6.45) is 1.99. The number of tetrazole rings is 1. The quantitative estimate of drug-likeness (QED) is 0.701. The molecule has 0 spiro atoms. The number of aryl methyl sites for hydroxylation is 1. The standard InChI is InChI=1S/C9H15N5O/c1-9(4-5-9)8(15)13(2)6-7-10-11-12-14(7)3/h4-6H2,1-3H3. The average molecular weight is 209 g/mol. The van der Waals surface area contributed by atoms with Gasteiger partial charge in [0, 0.05) is 19.5 Å². The smallest absolute Gasteiger partial charge is 0.228 e. The maximum atomic E-state index is 11.9. The predicted molar refractivity (Wildman–Crippen MR) is 52.6 cm³/mol. The summed E-state index contributed by atoms with van der Waals surface area (Å²) in [4.78, 5) is 13.6. The van der Waals surface area contributed by atoms with Crippen molar-refractivity contribution in [1.29, 1.82) is 0 Å². The van der Waals surface area contributed by atoms with Crippen LogP contribution in [0.4, 0.5) is 0 Å². The van der Waals surface area contributed by atoms with E-state index in [9.17, 15) is 4.79 Å². The van der Waals surface area contributed by atoms with Gasteiger partial charge in [-0.15, -0.1) is 5.10 Å². The molecule has 1 aliphatic rings. The summed E-state index contributed by atoms with van der Waals surface area (Å²) in [5.41, 5.74) is -0.124. The van der Waals surface area contributed by atoms with Gasteiger partial charge in [-0.05, 0) is 23.3 Å². The van der Waals surface area contributed by atoms with Gasteiger partial charge < -0.3 is 4.90 Å². The number of amides is 1. The minimum absolute atomic E-state index is 0.124. The molecule has 0 saturated heterocycles. The van der Waals surface area contributed by atoms with Crippen LogP contribution in [0, 0.1) is 5.41 Å². The number of carbonyl (C=O) groups excluding carboxylic acids is 1. The van der Waals surface area contributed by atoms with Gasteiger partial charge in [-0.1, -0.05) is 6.92 Å². The number of nitrogens with zero attached hydrogens (tertiary/aromatic N) is 5. The van der Waals surface area contributed by atoms with Crippen molar-refractivity contribution >= 4 is 5.91 Å². The Kier molecular flexibility index (Phi) is 2.21. The van der Waals surface area contributed by atoms with Crippen LogP contribution >= 0.6 is 0 Å². The second-order valence-electron chi connectivity index (χ2n) is 4.44. The second-order valence-corrected chi connectivity index (χ2v) is 4.44. The highest BCUT2D eigenvalue weighted by Gasteiger charge is 2.46. The van der Waals surface area contributed by atoms with Gasteiger partial charge in [0.2, 0.25) is 5.91 Å². The minimum Gasteiger partial charge on any atom is -0.338 e. The van der Waals surface area contributed by atoms with Crippen molar-refractivity contribution in [2.45, 2.75) is 26.3 Å². The van der Waals surface area contributed by atoms with Crippen molar-refractivity contribution in [3.05, 3.63) is 5.82 Å². The Bertz CT molecular complexity index is 382. The van der Waals surface area contributed by atoms with E-state index >= 15 is 0 Å². The van der Waals surface area contributed by atoms with Gasteiger partial charge in [-0.25, -0.2) is 4.68 Å². The summed E-state index contributed by atoms with van der Waals surface area (Å²) < 4.78 is 1.58. The molecule has 1 aromatic rings. The molecule has 15 heavy (non-hydrogen) atoms. The van der Waals surface area contributed by atoms with Crippen molar-refractivity contribution in [3.63, 3.8) is 0 Å². The molecular weight excluding hydrogens is 194 g/mol. The Morgan fingerprint density at radius 3 is 2.73 bits per heavy atom. The van der Waals surface area contributed by atoms with Crippen LogP contribution in [-0.2, 0) is 18.4 Å². The molecule has 1 aliphatic carbocycles. The first-order valence-electron chi connectivity index (χ1n) is 5.00. The van der Waals surface area contributed by atoms with Gasteiger partial charge >= 0.3 is 0 Å². The molecule has 1 saturated carbocycles. The van der Waals surface area contributed by atoms with E-state index in [1.807, 2.05) is 6.92 Å². The van der Waals surface area contributed by atoms with Crippen LogP contribution in [0.3, 0.4) is 0 Å². The van der Waals surface area contributed by atoms with Crippen LogP contribution < -0.4 is 0 Å². The summed E-state index contributed by atoms with van der Waals surface area (Å²) in [7, 11) is 3.56. The van der Waals surface area contributed by atoms with E-state index in [0.717, 1.165) is 12.8 Å². The predicted octanol–water partition coefficient (Wildman–Crippen LogP) is -0.0314. The lowest BCUT2D eigenvalue weighted by molar-refractivity contribution is -0.135. The molecule has 0 radical (unpaired) electrons. The zero-order valence-electron chi connectivity index (χ0n) is 9.27. The Morgan fingerprint density at radius 2 is 2.27 bits per heavy atom. The number of aromatic nitrogens is 4. The molecule has 6 heteroatoms. The fraction of sp³-hybridized carbons (Fsp3) is 0.778. The van der Waals surface area contributed by atoms with E-state index in [2.05, 4.69) is 15.5 Å². The lowest BCUT2D eigenvalue weighted by Crippen LogP contribution is -2.33. The van der Waals surface area contributed by atoms with E-state index in [-0.39, 0.29) is 11.3 Å². The van der Waals surface area contributed by atoms with Crippen molar-refractivity contribution in [2.24, 2.45) is 12.5 Å². The molecule has 2 rings (SSSR count). The molecule has 0 bridgehead atoms. The molecule has 1 heterocycles. The zero-order valence-corrected chi connectivity index (χ0v) is 9.27. The van der Waals surface area contributed by atoms with Crippen molar-refractivity contribution in [2.75, 3.05) is 7.05 Å². The zero-order chi connectivity index (χ0) is 11.1. The van der Waals surface area contributed by atoms with Crippen LogP contribution in [-0.4, -0.2) is 38.1 Å². The fourth-order valence-corrected chi connectivity index (χ4v) is 1.53. The fourth-order valence-electron chi connectivity index (χ4n) is 1.53.